The van der Waals surface area contributed by atoms with Crippen molar-refractivity contribution < 1.29 is 4.74 Å². The van der Waals surface area contributed by atoms with Crippen LogP contribution in [-0.4, -0.2) is 44.3 Å². The van der Waals surface area contributed by atoms with Crippen LogP contribution in [0.25, 0.3) is 0 Å². The van der Waals surface area contributed by atoms with Crippen LogP contribution in [0.1, 0.15) is 32.2 Å². The van der Waals surface area contributed by atoms with Crippen LogP contribution in [-0.2, 0) is 10.2 Å². The fraction of sp³-hybridized carbons (Fsp3) is 0.714. The highest BCUT2D eigenvalue weighted by Crippen LogP contribution is 2.27. The maximum absolute atomic E-state index is 5.13. The van der Waals surface area contributed by atoms with Gasteiger partial charge in [0, 0.05) is 38.7 Å². The molecule has 0 aliphatic carbocycles. The lowest BCUT2D eigenvalue weighted by atomic mass is 9.95. The van der Waals surface area contributed by atoms with Gasteiger partial charge in [-0.15, -0.1) is 0 Å². The van der Waals surface area contributed by atoms with Gasteiger partial charge in [-0.3, -0.25) is 0 Å². The van der Waals surface area contributed by atoms with Gasteiger partial charge in [0.2, 0.25) is 0 Å². The van der Waals surface area contributed by atoms with Crippen LogP contribution in [0.15, 0.2) is 0 Å². The second-order valence-corrected chi connectivity index (χ2v) is 5.76. The van der Waals surface area contributed by atoms with Crippen LogP contribution in [0.5, 0.6) is 0 Å². The molecule has 1 heterocycles. The molecular formula is C14H26N4O. The number of ether oxygens (including phenoxy) is 1. The number of nitrogens with one attached hydrogen (secondary N) is 1. The Morgan fingerprint density at radius 3 is 2.37 bits per heavy atom. The van der Waals surface area contributed by atoms with E-state index in [2.05, 4.69) is 36.0 Å². The molecule has 5 nitrogen and oxygen atoms in total. The first-order valence-electron chi connectivity index (χ1n) is 6.58. The summed E-state index contributed by atoms with van der Waals surface area (Å²) in [6, 6.07) is 0. The monoisotopic (exact) mass is 266 g/mol. The van der Waals surface area contributed by atoms with Gasteiger partial charge in [0.15, 0.2) is 0 Å². The maximum Gasteiger partial charge on any atom is 0.138 e. The summed E-state index contributed by atoms with van der Waals surface area (Å²) in [4.78, 5) is 11.4. The van der Waals surface area contributed by atoms with Crippen LogP contribution in [0, 0.1) is 6.92 Å². The third-order valence-corrected chi connectivity index (χ3v) is 3.02. The van der Waals surface area contributed by atoms with E-state index in [1.165, 1.54) is 0 Å². The summed E-state index contributed by atoms with van der Waals surface area (Å²) in [6.45, 7) is 9.89. The summed E-state index contributed by atoms with van der Waals surface area (Å²) < 4.78 is 5.13. The molecule has 19 heavy (non-hydrogen) atoms. The molecule has 1 rings (SSSR count). The molecule has 0 fully saturated rings. The van der Waals surface area contributed by atoms with Gasteiger partial charge in [-0.05, 0) is 6.92 Å². The van der Waals surface area contributed by atoms with Crippen molar-refractivity contribution >= 4 is 11.6 Å². The molecule has 0 saturated heterocycles. The van der Waals surface area contributed by atoms with E-state index in [-0.39, 0.29) is 5.41 Å². The summed E-state index contributed by atoms with van der Waals surface area (Å²) in [5.74, 6) is 2.70. The molecule has 0 aromatic carbocycles. The minimum absolute atomic E-state index is 0.0733. The summed E-state index contributed by atoms with van der Waals surface area (Å²) in [6.07, 6.45) is 0. The van der Waals surface area contributed by atoms with E-state index in [9.17, 15) is 0 Å². The van der Waals surface area contributed by atoms with E-state index >= 15 is 0 Å². The molecule has 0 aliphatic rings. The Morgan fingerprint density at radius 2 is 1.89 bits per heavy atom. The number of hydrogen-bond donors (Lipinski definition) is 1. The maximum atomic E-state index is 5.13. The lowest BCUT2D eigenvalue weighted by molar-refractivity contribution is 0.206. The highest BCUT2D eigenvalue weighted by molar-refractivity contribution is 5.58. The summed E-state index contributed by atoms with van der Waals surface area (Å²) >= 11 is 0. The van der Waals surface area contributed by atoms with E-state index < -0.39 is 0 Å². The lowest BCUT2D eigenvalue weighted by Gasteiger charge is -2.25. The Kier molecular flexibility index (Phi) is 5.11. The molecule has 0 spiro atoms. The van der Waals surface area contributed by atoms with Crippen LogP contribution in [0.2, 0.25) is 0 Å². The molecule has 0 amide bonds. The van der Waals surface area contributed by atoms with Gasteiger partial charge in [-0.2, -0.15) is 0 Å². The van der Waals surface area contributed by atoms with Crippen LogP contribution in [0.3, 0.4) is 0 Å². The molecule has 0 aliphatic heterocycles. The van der Waals surface area contributed by atoms with Crippen LogP contribution >= 0.6 is 0 Å². The first-order valence-corrected chi connectivity index (χ1v) is 6.58. The fourth-order valence-corrected chi connectivity index (χ4v) is 1.79. The summed E-state index contributed by atoms with van der Waals surface area (Å²) in [5.41, 5.74) is 0.991. The normalized spacial score (nSPS) is 11.5. The zero-order valence-corrected chi connectivity index (χ0v) is 13.2. The van der Waals surface area contributed by atoms with Gasteiger partial charge in [0.05, 0.1) is 6.61 Å². The molecule has 0 bridgehead atoms. The van der Waals surface area contributed by atoms with E-state index in [1.54, 1.807) is 7.11 Å². The SMILES string of the molecule is CNc1nc(C(C)(C)C)nc(N(C)CCOC)c1C. The number of hydrogen-bond acceptors (Lipinski definition) is 5. The molecular weight excluding hydrogens is 240 g/mol. The molecule has 5 heteroatoms. The highest BCUT2D eigenvalue weighted by Gasteiger charge is 2.22. The molecule has 0 atom stereocenters. The molecule has 0 unspecified atom stereocenters. The first kappa shape index (κ1) is 15.7. The Balaban J connectivity index is 3.21. The Morgan fingerprint density at radius 1 is 1.26 bits per heavy atom. The van der Waals surface area contributed by atoms with Gasteiger partial charge in [0.1, 0.15) is 17.5 Å². The predicted octanol–water partition coefficient (Wildman–Crippen LogP) is 2.21. The molecule has 1 aromatic rings. The number of anilines is 2. The largest absolute Gasteiger partial charge is 0.383 e. The standard InChI is InChI=1S/C14H26N4O/c1-10-11(15-5)16-13(14(2,3)4)17-12(10)18(6)8-9-19-7/h8-9H2,1-7H3,(H,15,16,17). The predicted molar refractivity (Wildman–Crippen MR) is 80.2 cm³/mol. The third-order valence-electron chi connectivity index (χ3n) is 3.02. The smallest absolute Gasteiger partial charge is 0.138 e. The number of nitrogens with zero attached hydrogens (tertiary/aromatic N) is 3. The van der Waals surface area contributed by atoms with Crippen LogP contribution < -0.4 is 10.2 Å². The molecule has 1 N–H and O–H groups in total. The van der Waals surface area contributed by atoms with E-state index in [0.717, 1.165) is 29.6 Å². The Bertz CT molecular complexity index is 426. The van der Waals surface area contributed by atoms with Gasteiger partial charge in [-0.1, -0.05) is 20.8 Å². The Hall–Kier alpha value is -1.36. The topological polar surface area (TPSA) is 50.3 Å². The number of likely N-dealkylation sites (N-methyl/N-ethyl adjacent to an activating group) is 1. The summed E-state index contributed by atoms with van der Waals surface area (Å²) in [7, 11) is 5.63. The van der Waals surface area contributed by atoms with Crippen molar-refractivity contribution in [1.29, 1.82) is 0 Å². The summed E-state index contributed by atoms with van der Waals surface area (Å²) in [5, 5.41) is 3.15. The average Bonchev–Trinajstić information content (AvgIpc) is 2.34. The van der Waals surface area contributed by atoms with Crippen molar-refractivity contribution in [2.75, 3.05) is 44.6 Å². The number of aromatic nitrogens is 2. The lowest BCUT2D eigenvalue weighted by Crippen LogP contribution is -2.27. The van der Waals surface area contributed by atoms with Crippen molar-refractivity contribution in [3.63, 3.8) is 0 Å². The van der Waals surface area contributed by atoms with Gasteiger partial charge >= 0.3 is 0 Å². The minimum Gasteiger partial charge on any atom is -0.383 e. The van der Waals surface area contributed by atoms with Crippen molar-refractivity contribution in [2.24, 2.45) is 0 Å². The zero-order chi connectivity index (χ0) is 14.6. The van der Waals surface area contributed by atoms with Gasteiger partial charge < -0.3 is 15.0 Å². The van der Waals surface area contributed by atoms with Gasteiger partial charge in [0.25, 0.3) is 0 Å². The average molecular weight is 266 g/mol. The molecule has 0 radical (unpaired) electrons. The fourth-order valence-electron chi connectivity index (χ4n) is 1.79. The first-order chi connectivity index (χ1) is 8.81. The second kappa shape index (κ2) is 6.19. The second-order valence-electron chi connectivity index (χ2n) is 5.76. The quantitative estimate of drug-likeness (QED) is 0.885. The molecule has 1 aromatic heterocycles. The van der Waals surface area contributed by atoms with E-state index in [0.29, 0.717) is 6.61 Å². The zero-order valence-electron chi connectivity index (χ0n) is 13.2. The highest BCUT2D eigenvalue weighted by atomic mass is 16.5. The van der Waals surface area contributed by atoms with E-state index in [4.69, 9.17) is 9.72 Å². The third kappa shape index (κ3) is 3.80. The van der Waals surface area contributed by atoms with Crippen LogP contribution in [0.4, 0.5) is 11.6 Å². The minimum atomic E-state index is -0.0733. The van der Waals surface area contributed by atoms with Crippen molar-refractivity contribution in [2.45, 2.75) is 33.1 Å². The van der Waals surface area contributed by atoms with Crippen molar-refractivity contribution in [1.82, 2.24) is 9.97 Å². The van der Waals surface area contributed by atoms with Crippen molar-refractivity contribution in [3.8, 4) is 0 Å². The Labute approximate surface area is 116 Å². The number of methoxy groups -OCH3 is 1. The number of rotatable bonds is 5. The molecule has 108 valence electrons. The van der Waals surface area contributed by atoms with Crippen molar-refractivity contribution in [3.05, 3.63) is 11.4 Å². The molecule has 0 saturated carbocycles. The van der Waals surface area contributed by atoms with Gasteiger partial charge in [-0.25, -0.2) is 9.97 Å². The van der Waals surface area contributed by atoms with E-state index in [1.807, 2.05) is 21.0 Å².